The molecule has 0 atom stereocenters. The lowest BCUT2D eigenvalue weighted by Crippen LogP contribution is -2.16. The quantitative estimate of drug-likeness (QED) is 0.595. The van der Waals surface area contributed by atoms with E-state index in [4.69, 9.17) is 4.74 Å². The van der Waals surface area contributed by atoms with Crippen LogP contribution in [0.15, 0.2) is 53.9 Å². The molecule has 0 bridgehead atoms. The topological polar surface area (TPSA) is 34.1 Å². The molecule has 25 heavy (non-hydrogen) atoms. The van der Waals surface area contributed by atoms with Crippen molar-refractivity contribution in [3.05, 3.63) is 71.0 Å². The Balaban J connectivity index is 1.49. The van der Waals surface area contributed by atoms with Gasteiger partial charge >= 0.3 is 0 Å². The molecular weight excluding hydrogens is 335 g/mol. The SMILES string of the molecule is CCOc1ccc(-c2nc(CNCCc3ccc(F)cc3)cs2)cc1. The molecule has 0 fully saturated rings. The summed E-state index contributed by atoms with van der Waals surface area (Å²) in [5.74, 6) is 0.687. The van der Waals surface area contributed by atoms with E-state index in [0.29, 0.717) is 6.61 Å². The van der Waals surface area contributed by atoms with Crippen LogP contribution in [0.25, 0.3) is 10.6 Å². The van der Waals surface area contributed by atoms with Crippen LogP contribution in [0.2, 0.25) is 0 Å². The van der Waals surface area contributed by atoms with Gasteiger partial charge in [-0.05, 0) is 61.9 Å². The first-order valence-corrected chi connectivity index (χ1v) is 9.25. The number of nitrogens with zero attached hydrogens (tertiary/aromatic N) is 1. The Morgan fingerprint density at radius 2 is 1.84 bits per heavy atom. The maximum absolute atomic E-state index is 12.9. The first-order chi connectivity index (χ1) is 12.2. The first kappa shape index (κ1) is 17.6. The van der Waals surface area contributed by atoms with Gasteiger partial charge in [0.25, 0.3) is 0 Å². The third kappa shape index (κ3) is 5.11. The monoisotopic (exact) mass is 356 g/mol. The summed E-state index contributed by atoms with van der Waals surface area (Å²) in [4.78, 5) is 4.68. The van der Waals surface area contributed by atoms with E-state index in [0.717, 1.165) is 47.1 Å². The molecule has 0 spiro atoms. The predicted molar refractivity (Wildman–Crippen MR) is 101 cm³/mol. The van der Waals surface area contributed by atoms with Gasteiger partial charge in [0.05, 0.1) is 12.3 Å². The van der Waals surface area contributed by atoms with Gasteiger partial charge in [-0.3, -0.25) is 0 Å². The summed E-state index contributed by atoms with van der Waals surface area (Å²) in [6, 6.07) is 14.7. The molecule has 0 saturated carbocycles. The minimum Gasteiger partial charge on any atom is -0.494 e. The van der Waals surface area contributed by atoms with Crippen molar-refractivity contribution in [2.75, 3.05) is 13.2 Å². The molecule has 1 heterocycles. The van der Waals surface area contributed by atoms with Gasteiger partial charge < -0.3 is 10.1 Å². The van der Waals surface area contributed by atoms with Gasteiger partial charge in [0.2, 0.25) is 0 Å². The van der Waals surface area contributed by atoms with E-state index in [1.165, 1.54) is 12.1 Å². The van der Waals surface area contributed by atoms with Crippen LogP contribution < -0.4 is 10.1 Å². The molecule has 1 aromatic heterocycles. The molecule has 0 aliphatic carbocycles. The summed E-state index contributed by atoms with van der Waals surface area (Å²) in [6.07, 6.45) is 0.871. The summed E-state index contributed by atoms with van der Waals surface area (Å²) in [5.41, 5.74) is 3.27. The maximum Gasteiger partial charge on any atom is 0.123 e. The van der Waals surface area contributed by atoms with Crippen molar-refractivity contribution < 1.29 is 9.13 Å². The number of rotatable bonds is 8. The van der Waals surface area contributed by atoms with Crippen LogP contribution in [0.5, 0.6) is 5.75 Å². The lowest BCUT2D eigenvalue weighted by molar-refractivity contribution is 0.340. The van der Waals surface area contributed by atoms with Crippen LogP contribution in [0, 0.1) is 5.82 Å². The average Bonchev–Trinajstić information content (AvgIpc) is 3.10. The van der Waals surface area contributed by atoms with Gasteiger partial charge in [0.15, 0.2) is 0 Å². The van der Waals surface area contributed by atoms with Crippen LogP contribution in [-0.4, -0.2) is 18.1 Å². The number of hydrogen-bond donors (Lipinski definition) is 1. The standard InChI is InChI=1S/C20H21FN2OS/c1-2-24-19-9-5-16(6-10-19)20-23-18(14-25-20)13-22-12-11-15-3-7-17(21)8-4-15/h3-10,14,22H,2,11-13H2,1H3. The largest absolute Gasteiger partial charge is 0.494 e. The Kier molecular flexibility index (Phi) is 6.14. The molecule has 3 nitrogen and oxygen atoms in total. The number of aromatic nitrogens is 1. The second kappa shape index (κ2) is 8.74. The Hall–Kier alpha value is -2.24. The number of nitrogens with one attached hydrogen (secondary N) is 1. The summed E-state index contributed by atoms with van der Waals surface area (Å²) < 4.78 is 18.3. The van der Waals surface area contributed by atoms with Gasteiger partial charge in [0.1, 0.15) is 16.6 Å². The minimum atomic E-state index is -0.194. The normalized spacial score (nSPS) is 10.8. The predicted octanol–water partition coefficient (Wildman–Crippen LogP) is 4.68. The third-order valence-corrected chi connectivity index (χ3v) is 4.71. The fourth-order valence-electron chi connectivity index (χ4n) is 2.48. The highest BCUT2D eigenvalue weighted by atomic mass is 32.1. The first-order valence-electron chi connectivity index (χ1n) is 8.37. The van der Waals surface area contributed by atoms with Crippen LogP contribution >= 0.6 is 11.3 Å². The van der Waals surface area contributed by atoms with Gasteiger partial charge in [-0.2, -0.15) is 0 Å². The van der Waals surface area contributed by atoms with Crippen LogP contribution in [0.4, 0.5) is 4.39 Å². The number of benzene rings is 2. The Labute approximate surface area is 151 Å². The van der Waals surface area contributed by atoms with Crippen LogP contribution in [-0.2, 0) is 13.0 Å². The lowest BCUT2D eigenvalue weighted by atomic mass is 10.1. The fraction of sp³-hybridized carbons (Fsp3) is 0.250. The van der Waals surface area contributed by atoms with Gasteiger partial charge in [-0.25, -0.2) is 9.37 Å². The van der Waals surface area contributed by atoms with Gasteiger partial charge in [-0.1, -0.05) is 12.1 Å². The second-order valence-electron chi connectivity index (χ2n) is 5.65. The molecule has 2 aromatic carbocycles. The summed E-state index contributed by atoms with van der Waals surface area (Å²) in [7, 11) is 0. The van der Waals surface area contributed by atoms with Crippen LogP contribution in [0.3, 0.4) is 0 Å². The Morgan fingerprint density at radius 1 is 1.08 bits per heavy atom. The molecular formula is C20H21FN2OS. The van der Waals surface area contributed by atoms with E-state index in [1.54, 1.807) is 11.3 Å². The fourth-order valence-corrected chi connectivity index (χ4v) is 3.31. The van der Waals surface area contributed by atoms with E-state index in [2.05, 4.69) is 15.7 Å². The van der Waals surface area contributed by atoms with E-state index in [9.17, 15) is 4.39 Å². The molecule has 0 aliphatic rings. The molecule has 0 radical (unpaired) electrons. The number of hydrogen-bond acceptors (Lipinski definition) is 4. The van der Waals surface area contributed by atoms with Crippen molar-refractivity contribution in [3.63, 3.8) is 0 Å². The molecule has 0 saturated heterocycles. The smallest absolute Gasteiger partial charge is 0.123 e. The maximum atomic E-state index is 12.9. The van der Waals surface area contributed by atoms with Gasteiger partial charge in [-0.15, -0.1) is 11.3 Å². The Morgan fingerprint density at radius 3 is 2.56 bits per heavy atom. The zero-order valence-electron chi connectivity index (χ0n) is 14.2. The minimum absolute atomic E-state index is 0.194. The summed E-state index contributed by atoms with van der Waals surface area (Å²) >= 11 is 1.64. The molecule has 1 N–H and O–H groups in total. The lowest BCUT2D eigenvalue weighted by Gasteiger charge is -2.04. The number of ether oxygens (including phenoxy) is 1. The van der Waals surface area contributed by atoms with E-state index < -0.39 is 0 Å². The molecule has 0 unspecified atom stereocenters. The van der Waals surface area contributed by atoms with Gasteiger partial charge in [0, 0.05) is 17.5 Å². The molecule has 0 aliphatic heterocycles. The second-order valence-corrected chi connectivity index (χ2v) is 6.51. The highest BCUT2D eigenvalue weighted by Gasteiger charge is 2.05. The average molecular weight is 356 g/mol. The van der Waals surface area contributed by atoms with Crippen molar-refractivity contribution >= 4 is 11.3 Å². The van der Waals surface area contributed by atoms with Crippen molar-refractivity contribution in [3.8, 4) is 16.3 Å². The summed E-state index contributed by atoms with van der Waals surface area (Å²) in [6.45, 7) is 4.21. The number of thiazole rings is 1. The van der Waals surface area contributed by atoms with Crippen molar-refractivity contribution in [1.29, 1.82) is 0 Å². The van der Waals surface area contributed by atoms with Crippen LogP contribution in [0.1, 0.15) is 18.2 Å². The number of halogens is 1. The highest BCUT2D eigenvalue weighted by molar-refractivity contribution is 7.13. The van der Waals surface area contributed by atoms with E-state index in [-0.39, 0.29) is 5.82 Å². The zero-order valence-corrected chi connectivity index (χ0v) is 15.0. The molecule has 5 heteroatoms. The molecule has 3 rings (SSSR count). The zero-order chi connectivity index (χ0) is 17.5. The highest BCUT2D eigenvalue weighted by Crippen LogP contribution is 2.25. The van der Waals surface area contributed by atoms with Crippen molar-refractivity contribution in [2.24, 2.45) is 0 Å². The van der Waals surface area contributed by atoms with Crippen molar-refractivity contribution in [1.82, 2.24) is 10.3 Å². The van der Waals surface area contributed by atoms with E-state index in [1.807, 2.05) is 43.3 Å². The summed E-state index contributed by atoms with van der Waals surface area (Å²) in [5, 5.41) is 6.48. The van der Waals surface area contributed by atoms with E-state index >= 15 is 0 Å². The molecule has 0 amide bonds. The third-order valence-electron chi connectivity index (χ3n) is 3.77. The molecule has 130 valence electrons. The molecule has 3 aromatic rings. The Bertz CT molecular complexity index is 784. The van der Waals surface area contributed by atoms with Crippen molar-refractivity contribution in [2.45, 2.75) is 19.9 Å².